The van der Waals surface area contributed by atoms with E-state index in [0.717, 1.165) is 49.1 Å². The summed E-state index contributed by atoms with van der Waals surface area (Å²) in [4.78, 5) is 5.79. The van der Waals surface area contributed by atoms with Gasteiger partial charge in [0.2, 0.25) is 0 Å². The molecular weight excluding hydrogens is 290 g/mol. The summed E-state index contributed by atoms with van der Waals surface area (Å²) in [5, 5.41) is 4.13. The molecule has 0 fully saturated rings. The molecule has 1 aromatic carbocycles. The average molecular weight is 310 g/mol. The monoisotopic (exact) mass is 310 g/mol. The highest BCUT2D eigenvalue weighted by Gasteiger charge is 2.13. The van der Waals surface area contributed by atoms with E-state index in [2.05, 4.69) is 24.1 Å². The first-order chi connectivity index (χ1) is 10.2. The minimum Gasteiger partial charge on any atom is -0.312 e. The fourth-order valence-corrected chi connectivity index (χ4v) is 3.16. The van der Waals surface area contributed by atoms with Crippen LogP contribution in [0.5, 0.6) is 0 Å². The molecule has 2 nitrogen and oxygen atoms in total. The molecule has 1 N–H and O–H groups in total. The van der Waals surface area contributed by atoms with E-state index in [1.807, 2.05) is 0 Å². The van der Waals surface area contributed by atoms with Crippen LogP contribution in [0.25, 0.3) is 10.6 Å². The molecule has 5 heteroatoms. The van der Waals surface area contributed by atoms with Gasteiger partial charge < -0.3 is 5.32 Å². The Bertz CT molecular complexity index is 596. The maximum atomic E-state index is 13.4. The Balaban J connectivity index is 2.26. The Morgan fingerprint density at radius 2 is 1.95 bits per heavy atom. The number of hydrogen-bond acceptors (Lipinski definition) is 3. The molecule has 0 aliphatic rings. The van der Waals surface area contributed by atoms with Crippen LogP contribution in [0.2, 0.25) is 0 Å². The number of benzene rings is 1. The van der Waals surface area contributed by atoms with Crippen LogP contribution in [0.4, 0.5) is 8.78 Å². The molecule has 0 atom stereocenters. The Labute approximate surface area is 128 Å². The standard InChI is InChI=1S/C16H20F2N2S/c1-3-5-14-15(10-19-8-4-2)21-16(20-14)11-6-7-12(17)13(18)9-11/h6-7,9,19H,3-5,8,10H2,1-2H3. The van der Waals surface area contributed by atoms with Crippen molar-refractivity contribution in [3.8, 4) is 10.6 Å². The summed E-state index contributed by atoms with van der Waals surface area (Å²) in [7, 11) is 0. The zero-order valence-electron chi connectivity index (χ0n) is 12.4. The van der Waals surface area contributed by atoms with E-state index in [-0.39, 0.29) is 0 Å². The molecule has 0 amide bonds. The zero-order chi connectivity index (χ0) is 15.2. The summed E-state index contributed by atoms with van der Waals surface area (Å²) < 4.78 is 26.4. The molecule has 0 saturated heterocycles. The third-order valence-corrected chi connectivity index (χ3v) is 4.29. The molecule has 2 rings (SSSR count). The maximum Gasteiger partial charge on any atom is 0.159 e. The molecule has 0 bridgehead atoms. The molecule has 21 heavy (non-hydrogen) atoms. The number of thiazole rings is 1. The Morgan fingerprint density at radius 3 is 2.62 bits per heavy atom. The minimum atomic E-state index is -0.828. The zero-order valence-corrected chi connectivity index (χ0v) is 13.2. The fraction of sp³-hybridized carbons (Fsp3) is 0.438. The summed E-state index contributed by atoms with van der Waals surface area (Å²) in [6.45, 7) is 5.98. The van der Waals surface area contributed by atoms with Gasteiger partial charge in [0, 0.05) is 17.0 Å². The lowest BCUT2D eigenvalue weighted by Crippen LogP contribution is -2.13. The van der Waals surface area contributed by atoms with Crippen LogP contribution in [0.1, 0.15) is 37.3 Å². The predicted molar refractivity (Wildman–Crippen MR) is 83.5 cm³/mol. The molecule has 0 spiro atoms. The second kappa shape index (κ2) is 7.61. The summed E-state index contributed by atoms with van der Waals surface area (Å²) in [6, 6.07) is 3.95. The van der Waals surface area contributed by atoms with Crippen LogP contribution in [0.3, 0.4) is 0 Å². The molecule has 1 heterocycles. The van der Waals surface area contributed by atoms with Gasteiger partial charge in [-0.3, -0.25) is 0 Å². The van der Waals surface area contributed by atoms with Crippen LogP contribution in [-0.4, -0.2) is 11.5 Å². The van der Waals surface area contributed by atoms with Crippen molar-refractivity contribution in [1.29, 1.82) is 0 Å². The number of rotatable bonds is 7. The topological polar surface area (TPSA) is 24.9 Å². The van der Waals surface area contributed by atoms with Gasteiger partial charge in [0.25, 0.3) is 0 Å². The average Bonchev–Trinajstić information content (AvgIpc) is 2.86. The Hall–Kier alpha value is -1.33. The molecule has 0 aliphatic carbocycles. The third kappa shape index (κ3) is 4.08. The Morgan fingerprint density at radius 1 is 1.14 bits per heavy atom. The van der Waals surface area contributed by atoms with Crippen molar-refractivity contribution in [3.63, 3.8) is 0 Å². The molecule has 114 valence electrons. The van der Waals surface area contributed by atoms with Crippen molar-refractivity contribution in [1.82, 2.24) is 10.3 Å². The first-order valence-corrected chi connectivity index (χ1v) is 8.12. The van der Waals surface area contributed by atoms with E-state index in [9.17, 15) is 8.78 Å². The number of nitrogens with one attached hydrogen (secondary N) is 1. The van der Waals surface area contributed by atoms with E-state index in [1.165, 1.54) is 10.9 Å². The van der Waals surface area contributed by atoms with Gasteiger partial charge in [-0.15, -0.1) is 11.3 Å². The van der Waals surface area contributed by atoms with Gasteiger partial charge in [-0.2, -0.15) is 0 Å². The second-order valence-electron chi connectivity index (χ2n) is 4.94. The lowest BCUT2D eigenvalue weighted by molar-refractivity contribution is 0.509. The summed E-state index contributed by atoms with van der Waals surface area (Å²) >= 11 is 1.55. The van der Waals surface area contributed by atoms with Gasteiger partial charge >= 0.3 is 0 Å². The SMILES string of the molecule is CCCNCc1sc(-c2ccc(F)c(F)c2)nc1CCC. The van der Waals surface area contributed by atoms with Gasteiger partial charge in [-0.25, -0.2) is 13.8 Å². The summed E-state index contributed by atoms with van der Waals surface area (Å²) in [5.41, 5.74) is 1.70. The van der Waals surface area contributed by atoms with Crippen molar-refractivity contribution in [2.75, 3.05) is 6.54 Å². The highest BCUT2D eigenvalue weighted by Crippen LogP contribution is 2.29. The van der Waals surface area contributed by atoms with Crippen LogP contribution >= 0.6 is 11.3 Å². The van der Waals surface area contributed by atoms with Gasteiger partial charge in [-0.1, -0.05) is 20.3 Å². The van der Waals surface area contributed by atoms with Crippen molar-refractivity contribution in [2.45, 2.75) is 39.7 Å². The molecule has 0 aliphatic heterocycles. The number of aromatic nitrogens is 1. The molecule has 2 aromatic rings. The van der Waals surface area contributed by atoms with Crippen LogP contribution in [-0.2, 0) is 13.0 Å². The van der Waals surface area contributed by atoms with Gasteiger partial charge in [0.05, 0.1) is 5.69 Å². The maximum absolute atomic E-state index is 13.4. The predicted octanol–water partition coefficient (Wildman–Crippen LogP) is 4.54. The lowest BCUT2D eigenvalue weighted by Gasteiger charge is -2.02. The number of nitrogens with zero attached hydrogens (tertiary/aromatic N) is 1. The quantitative estimate of drug-likeness (QED) is 0.759. The summed E-state index contributed by atoms with van der Waals surface area (Å²) in [6.07, 6.45) is 3.00. The van der Waals surface area contributed by atoms with Gasteiger partial charge in [0.15, 0.2) is 11.6 Å². The van der Waals surface area contributed by atoms with E-state index in [0.29, 0.717) is 5.56 Å². The lowest BCUT2D eigenvalue weighted by atomic mass is 10.2. The Kier molecular flexibility index (Phi) is 5.82. The van der Waals surface area contributed by atoms with Crippen LogP contribution in [0, 0.1) is 11.6 Å². The van der Waals surface area contributed by atoms with E-state index >= 15 is 0 Å². The van der Waals surface area contributed by atoms with Crippen molar-refractivity contribution < 1.29 is 8.78 Å². The molecule has 1 aromatic heterocycles. The first-order valence-electron chi connectivity index (χ1n) is 7.30. The van der Waals surface area contributed by atoms with Crippen LogP contribution in [0.15, 0.2) is 18.2 Å². The fourth-order valence-electron chi connectivity index (χ4n) is 2.08. The van der Waals surface area contributed by atoms with Gasteiger partial charge in [-0.05, 0) is 37.6 Å². The molecule has 0 unspecified atom stereocenters. The van der Waals surface area contributed by atoms with E-state index < -0.39 is 11.6 Å². The number of halogens is 2. The molecule has 0 radical (unpaired) electrons. The highest BCUT2D eigenvalue weighted by molar-refractivity contribution is 7.15. The largest absolute Gasteiger partial charge is 0.312 e. The minimum absolute atomic E-state index is 0.637. The van der Waals surface area contributed by atoms with Crippen molar-refractivity contribution in [2.24, 2.45) is 0 Å². The van der Waals surface area contributed by atoms with E-state index in [1.54, 1.807) is 17.4 Å². The van der Waals surface area contributed by atoms with E-state index in [4.69, 9.17) is 0 Å². The number of hydrogen-bond donors (Lipinski definition) is 1. The van der Waals surface area contributed by atoms with Crippen LogP contribution < -0.4 is 5.32 Å². The summed E-state index contributed by atoms with van der Waals surface area (Å²) in [5.74, 6) is -1.65. The molecule has 0 saturated carbocycles. The molecular formula is C16H20F2N2S. The first kappa shape index (κ1) is 16.0. The smallest absolute Gasteiger partial charge is 0.159 e. The highest BCUT2D eigenvalue weighted by atomic mass is 32.1. The third-order valence-electron chi connectivity index (χ3n) is 3.14. The second-order valence-corrected chi connectivity index (χ2v) is 6.03. The van der Waals surface area contributed by atoms with Crippen molar-refractivity contribution in [3.05, 3.63) is 40.4 Å². The van der Waals surface area contributed by atoms with Gasteiger partial charge in [0.1, 0.15) is 5.01 Å². The van der Waals surface area contributed by atoms with Crippen molar-refractivity contribution >= 4 is 11.3 Å². The number of aryl methyl sites for hydroxylation is 1. The normalized spacial score (nSPS) is 11.0.